The SMILES string of the molecule is c1ccc2c(c1)oc1cc3ccc(N(c4ccc(-c5cc6ccccn6c5)cc4)c4ccc5cc6oc7ccccc7c6cc5c4)cc3cc12. The molecule has 0 N–H and O–H groups in total. The molecule has 0 amide bonds. The highest BCUT2D eigenvalue weighted by molar-refractivity contribution is 6.12. The van der Waals surface area contributed by atoms with Gasteiger partial charge in [0, 0.05) is 62.1 Å². The fourth-order valence-electron chi connectivity index (χ4n) is 7.65. The number of rotatable bonds is 4. The summed E-state index contributed by atoms with van der Waals surface area (Å²) in [7, 11) is 0. The van der Waals surface area contributed by atoms with Gasteiger partial charge < -0.3 is 18.1 Å². The van der Waals surface area contributed by atoms with Crippen LogP contribution in [0.3, 0.4) is 0 Å². The lowest BCUT2D eigenvalue weighted by Gasteiger charge is -2.26. The molecule has 11 rings (SSSR count). The third-order valence-electron chi connectivity index (χ3n) is 10.1. The largest absolute Gasteiger partial charge is 0.456 e. The first-order valence-corrected chi connectivity index (χ1v) is 16.9. The first-order valence-electron chi connectivity index (χ1n) is 16.9. The van der Waals surface area contributed by atoms with E-state index in [1.165, 1.54) is 16.6 Å². The topological polar surface area (TPSA) is 33.9 Å². The molecule has 0 saturated carbocycles. The second kappa shape index (κ2) is 10.4. The van der Waals surface area contributed by atoms with E-state index >= 15 is 0 Å². The molecule has 0 aliphatic heterocycles. The van der Waals surface area contributed by atoms with E-state index in [-0.39, 0.29) is 0 Å². The minimum absolute atomic E-state index is 0.907. The van der Waals surface area contributed by atoms with Crippen molar-refractivity contribution in [2.45, 2.75) is 0 Å². The standard InChI is InChI=1S/C46H28N2O2/c1-3-10-43-39(8-1)41-24-32-21-37(18-14-30(32)26-45(41)49-43)48(35-16-12-29(13-17-35)34-23-36-7-5-6-20-47(36)28-34)38-19-15-31-27-46-42(25-33(31)22-38)40-9-2-4-11-44(40)50-46/h1-28H. The lowest BCUT2D eigenvalue weighted by Crippen LogP contribution is -2.09. The lowest BCUT2D eigenvalue weighted by molar-refractivity contribution is 0.669. The number of furan rings is 2. The van der Waals surface area contributed by atoms with Gasteiger partial charge in [-0.25, -0.2) is 0 Å². The van der Waals surface area contributed by atoms with E-state index in [9.17, 15) is 0 Å². The molecule has 0 radical (unpaired) electrons. The van der Waals surface area contributed by atoms with Crippen molar-refractivity contribution in [1.82, 2.24) is 4.40 Å². The number of para-hydroxylation sites is 2. The van der Waals surface area contributed by atoms with E-state index in [0.717, 1.165) is 82.5 Å². The van der Waals surface area contributed by atoms with Gasteiger partial charge in [-0.05, 0) is 118 Å². The number of fused-ring (bicyclic) bond motifs is 9. The Hall–Kier alpha value is -6.78. The maximum atomic E-state index is 6.22. The van der Waals surface area contributed by atoms with Crippen molar-refractivity contribution in [1.29, 1.82) is 0 Å². The summed E-state index contributed by atoms with van der Waals surface area (Å²) in [6.45, 7) is 0. The lowest BCUT2D eigenvalue weighted by atomic mass is 10.0. The Bertz CT molecular complexity index is 2920. The zero-order chi connectivity index (χ0) is 32.8. The Labute approximate surface area is 286 Å². The molecule has 4 nitrogen and oxygen atoms in total. The van der Waals surface area contributed by atoms with Crippen LogP contribution in [-0.2, 0) is 0 Å². The Morgan fingerprint density at radius 3 is 1.54 bits per heavy atom. The Morgan fingerprint density at radius 2 is 0.940 bits per heavy atom. The molecule has 234 valence electrons. The Morgan fingerprint density at radius 1 is 0.380 bits per heavy atom. The molecule has 0 fully saturated rings. The molecule has 0 bridgehead atoms. The van der Waals surface area contributed by atoms with E-state index in [1.54, 1.807) is 0 Å². The van der Waals surface area contributed by atoms with Crippen molar-refractivity contribution in [2.24, 2.45) is 0 Å². The summed E-state index contributed by atoms with van der Waals surface area (Å²) in [5.74, 6) is 0. The average Bonchev–Trinajstić information content (AvgIpc) is 3.86. The van der Waals surface area contributed by atoms with Crippen molar-refractivity contribution in [3.63, 3.8) is 0 Å². The number of aromatic nitrogens is 1. The minimum Gasteiger partial charge on any atom is -0.456 e. The molecule has 11 aromatic rings. The van der Waals surface area contributed by atoms with Crippen molar-refractivity contribution >= 4 is 88.0 Å². The Kier molecular flexibility index (Phi) is 5.63. The van der Waals surface area contributed by atoms with Gasteiger partial charge in [0.15, 0.2) is 0 Å². The van der Waals surface area contributed by atoms with Crippen LogP contribution in [-0.4, -0.2) is 4.40 Å². The van der Waals surface area contributed by atoms with Crippen molar-refractivity contribution < 1.29 is 8.83 Å². The number of hydrogen-bond acceptors (Lipinski definition) is 3. The molecular formula is C46H28N2O2. The third kappa shape index (κ3) is 4.19. The summed E-state index contributed by atoms with van der Waals surface area (Å²) in [5, 5.41) is 9.13. The summed E-state index contributed by atoms with van der Waals surface area (Å²) in [6.07, 6.45) is 4.28. The maximum Gasteiger partial charge on any atom is 0.136 e. The predicted molar refractivity (Wildman–Crippen MR) is 207 cm³/mol. The molecule has 0 spiro atoms. The van der Waals surface area contributed by atoms with Crippen LogP contribution in [0.25, 0.3) is 82.1 Å². The summed E-state index contributed by atoms with van der Waals surface area (Å²) in [5.41, 5.74) is 10.4. The molecule has 0 aliphatic carbocycles. The van der Waals surface area contributed by atoms with Crippen LogP contribution < -0.4 is 4.90 Å². The smallest absolute Gasteiger partial charge is 0.136 e. The van der Waals surface area contributed by atoms with Crippen molar-refractivity contribution in [3.05, 3.63) is 170 Å². The predicted octanol–water partition coefficient (Wildman–Crippen LogP) is 13.2. The van der Waals surface area contributed by atoms with Crippen LogP contribution in [0.2, 0.25) is 0 Å². The van der Waals surface area contributed by atoms with Crippen LogP contribution in [0.1, 0.15) is 0 Å². The van der Waals surface area contributed by atoms with Gasteiger partial charge in [-0.15, -0.1) is 0 Å². The number of benzene rings is 7. The van der Waals surface area contributed by atoms with Gasteiger partial charge in [0.25, 0.3) is 0 Å². The molecule has 4 heterocycles. The van der Waals surface area contributed by atoms with E-state index < -0.39 is 0 Å². The monoisotopic (exact) mass is 640 g/mol. The van der Waals surface area contributed by atoms with Crippen LogP contribution >= 0.6 is 0 Å². The minimum atomic E-state index is 0.907. The molecule has 50 heavy (non-hydrogen) atoms. The fraction of sp³-hybridized carbons (Fsp3) is 0. The third-order valence-corrected chi connectivity index (χ3v) is 10.1. The highest BCUT2D eigenvalue weighted by Gasteiger charge is 2.17. The molecule has 0 aliphatic rings. The summed E-state index contributed by atoms with van der Waals surface area (Å²) >= 11 is 0. The van der Waals surface area contributed by atoms with Gasteiger partial charge in [0.2, 0.25) is 0 Å². The second-order valence-corrected chi connectivity index (χ2v) is 13.1. The van der Waals surface area contributed by atoms with Gasteiger partial charge >= 0.3 is 0 Å². The summed E-state index contributed by atoms with van der Waals surface area (Å²) in [4.78, 5) is 2.36. The molecule has 0 saturated heterocycles. The van der Waals surface area contributed by atoms with E-state index in [0.29, 0.717) is 0 Å². The van der Waals surface area contributed by atoms with Crippen LogP contribution in [0.4, 0.5) is 17.1 Å². The number of nitrogens with zero attached hydrogens (tertiary/aromatic N) is 2. The van der Waals surface area contributed by atoms with E-state index in [4.69, 9.17) is 8.83 Å². The molecule has 0 atom stereocenters. The van der Waals surface area contributed by atoms with Gasteiger partial charge in [0.05, 0.1) is 0 Å². The number of anilines is 3. The quantitative estimate of drug-likeness (QED) is 0.192. The van der Waals surface area contributed by atoms with Gasteiger partial charge in [-0.1, -0.05) is 66.7 Å². The second-order valence-electron chi connectivity index (χ2n) is 13.1. The van der Waals surface area contributed by atoms with Crippen LogP contribution in [0.5, 0.6) is 0 Å². The van der Waals surface area contributed by atoms with Crippen molar-refractivity contribution in [2.75, 3.05) is 4.90 Å². The van der Waals surface area contributed by atoms with Crippen LogP contribution in [0.15, 0.2) is 179 Å². The first kappa shape index (κ1) is 27.2. The fourth-order valence-corrected chi connectivity index (χ4v) is 7.65. The highest BCUT2D eigenvalue weighted by atomic mass is 16.3. The molecular weight excluding hydrogens is 613 g/mol. The van der Waals surface area contributed by atoms with Gasteiger partial charge in [0.1, 0.15) is 22.3 Å². The zero-order valence-electron chi connectivity index (χ0n) is 26.9. The first-order chi connectivity index (χ1) is 24.7. The van der Waals surface area contributed by atoms with Crippen LogP contribution in [0, 0.1) is 0 Å². The normalized spacial score (nSPS) is 12.0. The molecule has 7 aromatic carbocycles. The number of pyridine rings is 1. The molecule has 4 heteroatoms. The summed E-state index contributed by atoms with van der Waals surface area (Å²) in [6, 6.07) is 56.2. The molecule has 4 aromatic heterocycles. The van der Waals surface area contributed by atoms with E-state index in [2.05, 4.69) is 155 Å². The van der Waals surface area contributed by atoms with E-state index in [1.807, 2.05) is 24.3 Å². The highest BCUT2D eigenvalue weighted by Crippen LogP contribution is 2.41. The van der Waals surface area contributed by atoms with Crippen molar-refractivity contribution in [3.8, 4) is 11.1 Å². The average molecular weight is 641 g/mol. The zero-order valence-corrected chi connectivity index (χ0v) is 26.9. The number of hydrogen-bond donors (Lipinski definition) is 0. The van der Waals surface area contributed by atoms with Gasteiger partial charge in [-0.2, -0.15) is 0 Å². The molecule has 0 unspecified atom stereocenters. The summed E-state index contributed by atoms with van der Waals surface area (Å²) < 4.78 is 14.6. The maximum absolute atomic E-state index is 6.22. The Balaban J connectivity index is 1.09. The van der Waals surface area contributed by atoms with Gasteiger partial charge in [-0.3, -0.25) is 0 Å².